The molecule has 2 aromatic heterocycles. The van der Waals surface area contributed by atoms with Gasteiger partial charge in [0.15, 0.2) is 11.5 Å². The normalized spacial score (nSPS) is 17.3. The van der Waals surface area contributed by atoms with E-state index in [-0.39, 0.29) is 5.57 Å². The van der Waals surface area contributed by atoms with Crippen LogP contribution in [0.3, 0.4) is 0 Å². The molecule has 0 bridgehead atoms. The molecule has 3 rings (SSSR count). The molecule has 0 fully saturated rings. The van der Waals surface area contributed by atoms with E-state index in [4.69, 9.17) is 4.42 Å². The predicted molar refractivity (Wildman–Crippen MR) is 104 cm³/mol. The van der Waals surface area contributed by atoms with Crippen molar-refractivity contribution in [3.63, 3.8) is 0 Å². The predicted octanol–water partition coefficient (Wildman–Crippen LogP) is 2.60. The third kappa shape index (κ3) is 4.20. The molecule has 1 aliphatic rings. The number of aliphatic hydroxyl groups excluding tert-OH is 1. The highest BCUT2D eigenvalue weighted by Crippen LogP contribution is 2.37. The van der Waals surface area contributed by atoms with E-state index in [0.717, 1.165) is 6.54 Å². The first-order chi connectivity index (χ1) is 13.5. The molecule has 7 nitrogen and oxygen atoms in total. The Balaban J connectivity index is 1.91. The van der Waals surface area contributed by atoms with Crippen molar-refractivity contribution in [2.75, 3.05) is 27.2 Å². The van der Waals surface area contributed by atoms with E-state index in [1.54, 1.807) is 36.5 Å². The Kier molecular flexibility index (Phi) is 6.06. The highest BCUT2D eigenvalue weighted by Gasteiger charge is 2.43. The van der Waals surface area contributed by atoms with Gasteiger partial charge in [-0.3, -0.25) is 14.6 Å². The monoisotopic (exact) mass is 381 g/mol. The van der Waals surface area contributed by atoms with Crippen LogP contribution in [-0.2, 0) is 9.59 Å². The number of ketones is 1. The molecule has 3 heterocycles. The van der Waals surface area contributed by atoms with Gasteiger partial charge in [0.05, 0.1) is 17.5 Å². The van der Waals surface area contributed by atoms with Gasteiger partial charge >= 0.3 is 0 Å². The van der Waals surface area contributed by atoms with Crippen molar-refractivity contribution in [1.82, 2.24) is 14.8 Å². The van der Waals surface area contributed by atoms with Crippen molar-refractivity contribution >= 4 is 17.8 Å². The second kappa shape index (κ2) is 8.67. The Morgan fingerprint density at radius 2 is 2.14 bits per heavy atom. The summed E-state index contributed by atoms with van der Waals surface area (Å²) in [5, 5.41) is 10.5. The number of aromatic nitrogens is 1. The number of nitrogens with zero attached hydrogens (tertiary/aromatic N) is 3. The number of carbonyl (C=O) groups excluding carboxylic acids is 2. The number of aliphatic hydroxyl groups is 1. The van der Waals surface area contributed by atoms with Crippen molar-refractivity contribution in [2.45, 2.75) is 12.5 Å². The highest BCUT2D eigenvalue weighted by molar-refractivity contribution is 6.14. The lowest BCUT2D eigenvalue weighted by molar-refractivity contribution is -0.129. The fraction of sp³-hybridized carbons (Fsp3) is 0.286. The summed E-state index contributed by atoms with van der Waals surface area (Å²) >= 11 is 0. The molecular weight excluding hydrogens is 358 g/mol. The Labute approximate surface area is 163 Å². The van der Waals surface area contributed by atoms with Crippen molar-refractivity contribution in [1.29, 1.82) is 0 Å². The van der Waals surface area contributed by atoms with E-state index in [0.29, 0.717) is 24.4 Å². The molecule has 1 unspecified atom stereocenters. The number of rotatable bonds is 8. The molecule has 0 radical (unpaired) electrons. The number of pyridine rings is 1. The third-order valence-electron chi connectivity index (χ3n) is 4.48. The van der Waals surface area contributed by atoms with Gasteiger partial charge in [0.1, 0.15) is 11.8 Å². The number of hydrogen-bond donors (Lipinski definition) is 1. The standard InChI is InChI=1S/C21H23N3O4/c1-23(2)12-6-13-24-19(16-8-3-4-11-22-16)18(20(26)21(24)27)17(25)10-9-15-7-5-14-28-15/h3-5,7-11,14,19,26H,6,12-13H2,1-2H3. The maximum absolute atomic E-state index is 12.8. The average Bonchev–Trinajstić information content (AvgIpc) is 3.29. The first-order valence-corrected chi connectivity index (χ1v) is 9.04. The first kappa shape index (κ1) is 19.6. The maximum atomic E-state index is 12.8. The van der Waals surface area contributed by atoms with Gasteiger partial charge in [0.25, 0.3) is 5.91 Å². The lowest BCUT2D eigenvalue weighted by atomic mass is 9.99. The van der Waals surface area contributed by atoms with Crippen LogP contribution in [0.4, 0.5) is 0 Å². The molecule has 28 heavy (non-hydrogen) atoms. The quantitative estimate of drug-likeness (QED) is 0.708. The highest BCUT2D eigenvalue weighted by atomic mass is 16.3. The summed E-state index contributed by atoms with van der Waals surface area (Å²) in [7, 11) is 3.90. The largest absolute Gasteiger partial charge is 0.503 e. The van der Waals surface area contributed by atoms with E-state index >= 15 is 0 Å². The van der Waals surface area contributed by atoms with Crippen LogP contribution in [0, 0.1) is 0 Å². The van der Waals surface area contributed by atoms with Crippen molar-refractivity contribution in [2.24, 2.45) is 0 Å². The number of furan rings is 1. The Hall–Kier alpha value is -3.19. The van der Waals surface area contributed by atoms with E-state index in [1.807, 2.05) is 19.0 Å². The molecule has 1 amide bonds. The summed E-state index contributed by atoms with van der Waals surface area (Å²) in [4.78, 5) is 33.4. The van der Waals surface area contributed by atoms with Gasteiger partial charge in [-0.25, -0.2) is 0 Å². The molecule has 1 aliphatic heterocycles. The summed E-state index contributed by atoms with van der Waals surface area (Å²) in [6.07, 6.45) is 6.63. The number of amides is 1. The summed E-state index contributed by atoms with van der Waals surface area (Å²) in [5.41, 5.74) is 0.580. The number of allylic oxidation sites excluding steroid dienone is 1. The van der Waals surface area contributed by atoms with E-state index in [9.17, 15) is 14.7 Å². The Morgan fingerprint density at radius 3 is 2.79 bits per heavy atom. The van der Waals surface area contributed by atoms with Crippen LogP contribution >= 0.6 is 0 Å². The summed E-state index contributed by atoms with van der Waals surface area (Å²) < 4.78 is 5.19. The van der Waals surface area contributed by atoms with Crippen LogP contribution in [0.15, 0.2) is 64.6 Å². The fourth-order valence-electron chi connectivity index (χ4n) is 3.17. The fourth-order valence-corrected chi connectivity index (χ4v) is 3.17. The van der Waals surface area contributed by atoms with Gasteiger partial charge in [-0.15, -0.1) is 0 Å². The summed E-state index contributed by atoms with van der Waals surface area (Å²) in [6, 6.07) is 8.01. The van der Waals surface area contributed by atoms with Gasteiger partial charge < -0.3 is 19.3 Å². The van der Waals surface area contributed by atoms with Crippen molar-refractivity contribution in [3.8, 4) is 0 Å². The molecule has 1 N–H and O–H groups in total. The van der Waals surface area contributed by atoms with Gasteiger partial charge in [-0.05, 0) is 63.5 Å². The molecule has 0 aliphatic carbocycles. The summed E-state index contributed by atoms with van der Waals surface area (Å²) in [5.74, 6) is -1.01. The lowest BCUT2D eigenvalue weighted by Crippen LogP contribution is -2.33. The maximum Gasteiger partial charge on any atom is 0.290 e. The van der Waals surface area contributed by atoms with Crippen LogP contribution in [0.25, 0.3) is 6.08 Å². The zero-order valence-corrected chi connectivity index (χ0v) is 15.9. The van der Waals surface area contributed by atoms with Gasteiger partial charge in [-0.1, -0.05) is 6.07 Å². The van der Waals surface area contributed by atoms with E-state index in [2.05, 4.69) is 4.98 Å². The van der Waals surface area contributed by atoms with Crippen molar-refractivity contribution in [3.05, 3.63) is 71.7 Å². The minimum atomic E-state index is -0.718. The topological polar surface area (TPSA) is 86.9 Å². The molecular formula is C21H23N3O4. The second-order valence-corrected chi connectivity index (χ2v) is 6.79. The van der Waals surface area contributed by atoms with Gasteiger partial charge in [0.2, 0.25) is 0 Å². The van der Waals surface area contributed by atoms with E-state index < -0.39 is 23.5 Å². The van der Waals surface area contributed by atoms with Gasteiger partial charge in [-0.2, -0.15) is 0 Å². The zero-order chi connectivity index (χ0) is 20.1. The molecule has 0 saturated heterocycles. The minimum Gasteiger partial charge on any atom is -0.503 e. The van der Waals surface area contributed by atoms with Crippen LogP contribution in [0.2, 0.25) is 0 Å². The van der Waals surface area contributed by atoms with Crippen LogP contribution < -0.4 is 0 Å². The molecule has 7 heteroatoms. The zero-order valence-electron chi connectivity index (χ0n) is 15.9. The first-order valence-electron chi connectivity index (χ1n) is 9.04. The third-order valence-corrected chi connectivity index (χ3v) is 4.48. The smallest absolute Gasteiger partial charge is 0.290 e. The van der Waals surface area contributed by atoms with Crippen molar-refractivity contribution < 1.29 is 19.1 Å². The molecule has 0 aromatic carbocycles. The number of hydrogen-bond acceptors (Lipinski definition) is 6. The van der Waals surface area contributed by atoms with Crippen LogP contribution in [0.1, 0.15) is 23.9 Å². The molecule has 1 atom stereocenters. The van der Waals surface area contributed by atoms with E-state index in [1.165, 1.54) is 23.3 Å². The molecule has 0 saturated carbocycles. The SMILES string of the molecule is CN(C)CCCN1C(=O)C(O)=C(C(=O)C=Cc2ccco2)C1c1ccccn1. The lowest BCUT2D eigenvalue weighted by Gasteiger charge is -2.26. The Morgan fingerprint density at radius 1 is 1.32 bits per heavy atom. The molecule has 0 spiro atoms. The number of carbonyl (C=O) groups is 2. The molecule has 146 valence electrons. The van der Waals surface area contributed by atoms with Crippen LogP contribution in [0.5, 0.6) is 0 Å². The average molecular weight is 381 g/mol. The Bertz CT molecular complexity index is 886. The minimum absolute atomic E-state index is 0.0383. The summed E-state index contributed by atoms with van der Waals surface area (Å²) in [6.45, 7) is 1.18. The van der Waals surface area contributed by atoms with Gasteiger partial charge in [0, 0.05) is 12.7 Å². The van der Waals surface area contributed by atoms with Crippen LogP contribution in [-0.4, -0.2) is 58.8 Å². The second-order valence-electron chi connectivity index (χ2n) is 6.79. The molecule has 2 aromatic rings.